The number of aliphatic hydroxyl groups is 2. The smallest absolute Gasteiger partial charge is 0.194 e. The van der Waals surface area contributed by atoms with E-state index in [0.29, 0.717) is 0 Å². The van der Waals surface area contributed by atoms with Crippen molar-refractivity contribution in [2.24, 2.45) is 28.6 Å². The lowest BCUT2D eigenvalue weighted by Crippen LogP contribution is -2.60. The summed E-state index contributed by atoms with van der Waals surface area (Å²) < 4.78 is 15.0. The minimum absolute atomic E-state index is 0.0831. The maximum atomic E-state index is 15.0. The van der Waals surface area contributed by atoms with E-state index in [0.717, 1.165) is 0 Å². The number of aliphatic hydroxyl groups excluding tert-OH is 1. The van der Waals surface area contributed by atoms with Crippen LogP contribution in [0.3, 0.4) is 0 Å². The number of ketones is 3. The minimum atomic E-state index is -2.02. The molecule has 0 heterocycles. The van der Waals surface area contributed by atoms with Crippen LogP contribution < -0.4 is 0 Å². The van der Waals surface area contributed by atoms with Crippen LogP contribution in [-0.4, -0.2) is 39.8 Å². The first-order chi connectivity index (χ1) is 13.0. The van der Waals surface area contributed by atoms with E-state index < -0.39 is 52.4 Å². The Labute approximate surface area is 162 Å². The molecule has 0 amide bonds. The highest BCUT2D eigenvalue weighted by molar-refractivity contribution is 6.02. The van der Waals surface area contributed by atoms with Crippen LogP contribution in [0.15, 0.2) is 47.9 Å². The van der Waals surface area contributed by atoms with Crippen LogP contribution >= 0.6 is 0 Å². The molecule has 148 valence electrons. The molecule has 2 N–H and O–H groups in total. The van der Waals surface area contributed by atoms with E-state index >= 15 is 4.39 Å². The second kappa shape index (κ2) is 5.67. The van der Waals surface area contributed by atoms with E-state index in [1.165, 1.54) is 18.2 Å². The van der Waals surface area contributed by atoms with E-state index in [-0.39, 0.29) is 35.6 Å². The number of Topliss-reactive ketones (excluding diaryl/α,β-unsaturated/α-hetero) is 2. The number of allylic oxidation sites excluding steroid dienone is 6. The highest BCUT2D eigenvalue weighted by atomic mass is 19.1. The van der Waals surface area contributed by atoms with Gasteiger partial charge in [-0.15, -0.1) is 0 Å². The van der Waals surface area contributed by atoms with Gasteiger partial charge < -0.3 is 10.2 Å². The monoisotopic (exact) mass is 386 g/mol. The van der Waals surface area contributed by atoms with Gasteiger partial charge in [0.1, 0.15) is 18.2 Å². The van der Waals surface area contributed by atoms with Crippen molar-refractivity contribution < 1.29 is 29.0 Å². The quantitative estimate of drug-likeness (QED) is 0.709. The van der Waals surface area contributed by atoms with Crippen molar-refractivity contribution in [2.75, 3.05) is 6.61 Å². The summed E-state index contributed by atoms with van der Waals surface area (Å²) >= 11 is 0. The Morgan fingerprint density at radius 3 is 2.68 bits per heavy atom. The summed E-state index contributed by atoms with van der Waals surface area (Å²) in [6.07, 6.45) is 5.74. The molecule has 0 aromatic rings. The van der Waals surface area contributed by atoms with Crippen LogP contribution in [-0.2, 0) is 14.4 Å². The third kappa shape index (κ3) is 2.05. The zero-order valence-corrected chi connectivity index (χ0v) is 15.9. The van der Waals surface area contributed by atoms with Crippen LogP contribution in [0.5, 0.6) is 0 Å². The van der Waals surface area contributed by atoms with Crippen molar-refractivity contribution in [3.05, 3.63) is 47.9 Å². The molecule has 0 aromatic carbocycles. The highest BCUT2D eigenvalue weighted by Crippen LogP contribution is 2.66. The Balaban J connectivity index is 1.89. The Morgan fingerprint density at radius 2 is 2.04 bits per heavy atom. The van der Waals surface area contributed by atoms with Gasteiger partial charge >= 0.3 is 0 Å². The molecule has 0 aliphatic heterocycles. The van der Waals surface area contributed by atoms with Gasteiger partial charge in [-0.3, -0.25) is 14.4 Å². The molecule has 0 saturated heterocycles. The zero-order chi connectivity index (χ0) is 20.6. The maximum absolute atomic E-state index is 15.0. The lowest BCUT2D eigenvalue weighted by atomic mass is 9.48. The number of hydrogen-bond donors (Lipinski definition) is 2. The van der Waals surface area contributed by atoms with Gasteiger partial charge in [0.25, 0.3) is 0 Å². The standard InChI is InChI=1S/C22H23FO5/c1-11-6-14-13-8-16(23)15-7-12(25)4-5-20(15,2)19(13)17(26)9-21(14,3)22(11,28)18(27)10-24/h4-5,7-8,13-14,19,24,28H,1,6,9-10H2,2-3H3/t13-,14-,19+,20-,21-,22-/m0/s1. The molecule has 4 aliphatic rings. The van der Waals surface area contributed by atoms with Gasteiger partial charge in [-0.1, -0.05) is 26.5 Å². The van der Waals surface area contributed by atoms with Crippen LogP contribution in [0.4, 0.5) is 4.39 Å². The number of hydrogen-bond acceptors (Lipinski definition) is 5. The molecule has 2 fully saturated rings. The van der Waals surface area contributed by atoms with E-state index in [9.17, 15) is 24.6 Å². The number of rotatable bonds is 2. The fourth-order valence-corrected chi connectivity index (χ4v) is 6.17. The molecule has 0 unspecified atom stereocenters. The predicted molar refractivity (Wildman–Crippen MR) is 98.5 cm³/mol. The van der Waals surface area contributed by atoms with Crippen LogP contribution in [0, 0.1) is 28.6 Å². The van der Waals surface area contributed by atoms with E-state index in [4.69, 9.17) is 0 Å². The summed E-state index contributed by atoms with van der Waals surface area (Å²) in [6, 6.07) is 0. The van der Waals surface area contributed by atoms with Crippen molar-refractivity contribution in [1.82, 2.24) is 0 Å². The molecule has 0 spiro atoms. The van der Waals surface area contributed by atoms with Crippen molar-refractivity contribution >= 4 is 17.3 Å². The van der Waals surface area contributed by atoms with Gasteiger partial charge in [0, 0.05) is 28.7 Å². The molecule has 5 nitrogen and oxygen atoms in total. The van der Waals surface area contributed by atoms with E-state index in [1.807, 2.05) is 0 Å². The number of fused-ring (bicyclic) bond motifs is 5. The van der Waals surface area contributed by atoms with Gasteiger partial charge in [0.15, 0.2) is 17.2 Å². The van der Waals surface area contributed by atoms with E-state index in [2.05, 4.69) is 6.58 Å². The average Bonchev–Trinajstić information content (AvgIpc) is 2.83. The Morgan fingerprint density at radius 1 is 1.36 bits per heavy atom. The summed E-state index contributed by atoms with van der Waals surface area (Å²) in [7, 11) is 0. The molecule has 0 radical (unpaired) electrons. The van der Waals surface area contributed by atoms with Gasteiger partial charge in [-0.25, -0.2) is 4.39 Å². The van der Waals surface area contributed by atoms with E-state index in [1.54, 1.807) is 19.9 Å². The first-order valence-electron chi connectivity index (χ1n) is 9.41. The average molecular weight is 386 g/mol. The summed E-state index contributed by atoms with van der Waals surface area (Å²) in [6.45, 7) is 6.40. The lowest BCUT2D eigenvalue weighted by molar-refractivity contribution is -0.161. The molecule has 6 atom stereocenters. The number of carbonyl (C=O) groups excluding carboxylic acids is 3. The molecule has 2 saturated carbocycles. The van der Waals surface area contributed by atoms with Gasteiger partial charge in [0.05, 0.1) is 0 Å². The lowest BCUT2D eigenvalue weighted by Gasteiger charge is -2.54. The summed E-state index contributed by atoms with van der Waals surface area (Å²) in [5.41, 5.74) is -3.70. The molecule has 0 aromatic heterocycles. The normalized spacial score (nSPS) is 44.5. The second-order valence-corrected chi connectivity index (χ2v) is 8.91. The van der Waals surface area contributed by atoms with Gasteiger partial charge in [-0.2, -0.15) is 0 Å². The second-order valence-electron chi connectivity index (χ2n) is 8.91. The molecular formula is C22H23FO5. The molecule has 4 aliphatic carbocycles. The maximum Gasteiger partial charge on any atom is 0.194 e. The number of carbonyl (C=O) groups is 3. The van der Waals surface area contributed by atoms with Crippen LogP contribution in [0.25, 0.3) is 0 Å². The predicted octanol–water partition coefficient (Wildman–Crippen LogP) is 2.01. The van der Waals surface area contributed by atoms with Crippen LogP contribution in [0.1, 0.15) is 26.7 Å². The molecule has 6 heteroatoms. The molecule has 0 bridgehead atoms. The fraction of sp³-hybridized carbons (Fsp3) is 0.500. The van der Waals surface area contributed by atoms with Crippen molar-refractivity contribution in [1.29, 1.82) is 0 Å². The first-order valence-corrected chi connectivity index (χ1v) is 9.41. The van der Waals surface area contributed by atoms with Gasteiger partial charge in [-0.05, 0) is 42.1 Å². The van der Waals surface area contributed by atoms with Crippen LogP contribution in [0.2, 0.25) is 0 Å². The Kier molecular flexibility index (Phi) is 3.88. The largest absolute Gasteiger partial charge is 0.388 e. The topological polar surface area (TPSA) is 91.7 Å². The summed E-state index contributed by atoms with van der Waals surface area (Å²) in [5, 5.41) is 20.6. The summed E-state index contributed by atoms with van der Waals surface area (Å²) in [4.78, 5) is 37.5. The highest BCUT2D eigenvalue weighted by Gasteiger charge is 2.69. The third-order valence-electron chi connectivity index (χ3n) is 7.61. The Bertz CT molecular complexity index is 927. The van der Waals surface area contributed by atoms with Crippen molar-refractivity contribution in [3.63, 3.8) is 0 Å². The van der Waals surface area contributed by atoms with Crippen molar-refractivity contribution in [2.45, 2.75) is 32.3 Å². The molecular weight excluding hydrogens is 363 g/mol. The van der Waals surface area contributed by atoms with Crippen molar-refractivity contribution in [3.8, 4) is 0 Å². The SMILES string of the molecule is C=C1C[C@H]2[C@@H]3C=C(F)C4=CC(=O)C=C[C@]4(C)[C@H]3C(=O)C[C@]2(C)[C@@]1(O)C(=O)CO. The fourth-order valence-electron chi connectivity index (χ4n) is 6.17. The molecule has 4 rings (SSSR count). The zero-order valence-electron chi connectivity index (χ0n) is 15.9. The number of halogens is 1. The third-order valence-corrected chi connectivity index (χ3v) is 7.61. The Hall–Kier alpha value is -2.18. The minimum Gasteiger partial charge on any atom is -0.388 e. The summed E-state index contributed by atoms with van der Waals surface area (Å²) in [5.74, 6) is -3.39. The molecule has 28 heavy (non-hydrogen) atoms. The first kappa shape index (κ1) is 19.2. The van der Waals surface area contributed by atoms with Gasteiger partial charge in [0.2, 0.25) is 0 Å².